The van der Waals surface area contributed by atoms with E-state index in [2.05, 4.69) is 10.3 Å². The molecule has 0 saturated carbocycles. The second kappa shape index (κ2) is 9.04. The second-order valence-electron chi connectivity index (χ2n) is 4.66. The van der Waals surface area contributed by atoms with Crippen molar-refractivity contribution in [2.24, 2.45) is 0 Å². The van der Waals surface area contributed by atoms with Crippen LogP contribution in [0.5, 0.6) is 0 Å². The van der Waals surface area contributed by atoms with Crippen molar-refractivity contribution in [2.45, 2.75) is 26.4 Å². The zero-order chi connectivity index (χ0) is 16.5. The molecule has 119 valence electrons. The number of esters is 1. The highest BCUT2D eigenvalue weighted by Gasteiger charge is 2.19. The van der Waals surface area contributed by atoms with E-state index in [1.54, 1.807) is 46.6 Å². The van der Waals surface area contributed by atoms with Crippen LogP contribution in [0.4, 0.5) is 10.6 Å². The van der Waals surface area contributed by atoms with Gasteiger partial charge in [0, 0.05) is 18.8 Å². The van der Waals surface area contributed by atoms with E-state index in [1.807, 2.05) is 6.82 Å². The Balaban J connectivity index is 2.77. The van der Waals surface area contributed by atoms with E-state index in [0.29, 0.717) is 11.4 Å². The summed E-state index contributed by atoms with van der Waals surface area (Å²) in [5.74, 6) is 0.0183. The first-order valence-corrected chi connectivity index (χ1v) is 6.97. The van der Waals surface area contributed by atoms with Gasteiger partial charge in [0.2, 0.25) is 0 Å². The van der Waals surface area contributed by atoms with Crippen molar-refractivity contribution in [3.63, 3.8) is 0 Å². The van der Waals surface area contributed by atoms with Gasteiger partial charge in [0.1, 0.15) is 12.4 Å². The van der Waals surface area contributed by atoms with Gasteiger partial charge in [-0.3, -0.25) is 9.69 Å². The summed E-state index contributed by atoms with van der Waals surface area (Å²) in [6.45, 7) is 3.74. The molecule has 1 radical (unpaired) electrons. The van der Waals surface area contributed by atoms with Crippen molar-refractivity contribution in [2.75, 3.05) is 25.5 Å². The van der Waals surface area contributed by atoms with Gasteiger partial charge in [0.25, 0.3) is 0 Å². The van der Waals surface area contributed by atoms with Crippen LogP contribution >= 0.6 is 0 Å². The maximum atomic E-state index is 12.0. The van der Waals surface area contributed by atoms with Crippen LogP contribution in [0.25, 0.3) is 0 Å². The van der Waals surface area contributed by atoms with Crippen LogP contribution in [0.15, 0.2) is 18.3 Å². The highest BCUT2D eigenvalue weighted by Crippen LogP contribution is 2.18. The summed E-state index contributed by atoms with van der Waals surface area (Å²) in [5, 5.41) is 2.71. The Morgan fingerprint density at radius 2 is 2.23 bits per heavy atom. The first kappa shape index (κ1) is 18.0. The molecule has 0 saturated heterocycles. The molecule has 0 aliphatic carbocycles. The van der Waals surface area contributed by atoms with Crippen LogP contribution in [0.1, 0.15) is 12.5 Å². The van der Waals surface area contributed by atoms with E-state index in [4.69, 9.17) is 9.47 Å². The Labute approximate surface area is 131 Å². The predicted octanol–water partition coefficient (Wildman–Crippen LogP) is 1.02. The summed E-state index contributed by atoms with van der Waals surface area (Å²) in [6.07, 6.45) is 1.04. The Kier molecular flexibility index (Phi) is 7.38. The van der Waals surface area contributed by atoms with Crippen LogP contribution in [0.3, 0.4) is 0 Å². The molecule has 22 heavy (non-hydrogen) atoms. The van der Waals surface area contributed by atoms with Gasteiger partial charge < -0.3 is 14.8 Å². The maximum Gasteiger partial charge on any atom is 0.414 e. The maximum absolute atomic E-state index is 12.0. The van der Waals surface area contributed by atoms with Crippen LogP contribution in [-0.2, 0) is 20.9 Å². The SMILES string of the molecule is C[B]C(C)OC(=O)N(C)c1ncccc1COC(=O)CNC. The zero-order valence-electron chi connectivity index (χ0n) is 13.3. The average molecular weight is 306 g/mol. The molecule has 1 aromatic heterocycles. The quantitative estimate of drug-likeness (QED) is 0.598. The zero-order valence-corrected chi connectivity index (χ0v) is 13.3. The van der Waals surface area contributed by atoms with E-state index in [-0.39, 0.29) is 25.1 Å². The number of rotatable bonds is 7. The molecule has 1 N–H and O–H groups in total. The second-order valence-corrected chi connectivity index (χ2v) is 4.66. The summed E-state index contributed by atoms with van der Waals surface area (Å²) in [5.41, 5.74) is 0.625. The minimum atomic E-state index is -0.521. The Morgan fingerprint density at radius 1 is 1.50 bits per heavy atom. The number of likely N-dealkylation sites (N-methyl/N-ethyl adjacent to an activating group) is 1. The van der Waals surface area contributed by atoms with Gasteiger partial charge in [-0.2, -0.15) is 0 Å². The van der Waals surface area contributed by atoms with Gasteiger partial charge in [-0.25, -0.2) is 9.78 Å². The Morgan fingerprint density at radius 3 is 2.86 bits per heavy atom. The standard InChI is InChI=1S/C14H21BN3O4/c1-10(15-2)22-14(20)18(4)13-11(6-5-7-17-13)9-21-12(19)8-16-3/h5-7,10,16H,8-9H2,1-4H3. The Hall–Kier alpha value is -2.09. The van der Waals surface area contributed by atoms with Crippen molar-refractivity contribution in [1.82, 2.24) is 10.3 Å². The highest BCUT2D eigenvalue weighted by atomic mass is 16.6. The molecule has 0 aromatic carbocycles. The Bertz CT molecular complexity index is 513. The van der Waals surface area contributed by atoms with E-state index in [9.17, 15) is 9.59 Å². The van der Waals surface area contributed by atoms with Gasteiger partial charge in [-0.05, 0) is 20.0 Å². The largest absolute Gasteiger partial charge is 0.460 e. The molecule has 1 unspecified atom stereocenters. The molecule has 1 atom stereocenters. The lowest BCUT2D eigenvalue weighted by atomic mass is 9.76. The van der Waals surface area contributed by atoms with Crippen molar-refractivity contribution >= 4 is 25.2 Å². The summed E-state index contributed by atoms with van der Waals surface area (Å²) in [6, 6.07) is 3.16. The van der Waals surface area contributed by atoms with Crippen molar-refractivity contribution in [1.29, 1.82) is 0 Å². The van der Waals surface area contributed by atoms with Crippen molar-refractivity contribution in [3.8, 4) is 0 Å². The van der Waals surface area contributed by atoms with Crippen LogP contribution in [0, 0.1) is 0 Å². The number of hydrogen-bond donors (Lipinski definition) is 1. The highest BCUT2D eigenvalue weighted by molar-refractivity contribution is 6.35. The molecule has 0 fully saturated rings. The lowest BCUT2D eigenvalue weighted by Gasteiger charge is -2.21. The van der Waals surface area contributed by atoms with E-state index in [0.717, 1.165) is 0 Å². The van der Waals surface area contributed by atoms with Crippen LogP contribution < -0.4 is 10.2 Å². The third-order valence-electron chi connectivity index (χ3n) is 2.92. The molecule has 0 bridgehead atoms. The third kappa shape index (κ3) is 5.36. The first-order chi connectivity index (χ1) is 10.5. The van der Waals surface area contributed by atoms with E-state index in [1.165, 1.54) is 4.90 Å². The molecule has 7 nitrogen and oxygen atoms in total. The van der Waals surface area contributed by atoms with Crippen molar-refractivity contribution < 1.29 is 19.1 Å². The number of anilines is 1. The predicted molar refractivity (Wildman–Crippen MR) is 83.9 cm³/mol. The van der Waals surface area contributed by atoms with E-state index < -0.39 is 6.09 Å². The number of aromatic nitrogens is 1. The minimum Gasteiger partial charge on any atom is -0.460 e. The van der Waals surface area contributed by atoms with Crippen LogP contribution in [-0.4, -0.2) is 51.0 Å². The molecule has 1 heterocycles. The van der Waals surface area contributed by atoms with Gasteiger partial charge in [0.15, 0.2) is 7.28 Å². The molecular weight excluding hydrogens is 285 g/mol. The minimum absolute atomic E-state index is 0.0385. The van der Waals surface area contributed by atoms with Gasteiger partial charge in [0.05, 0.1) is 12.5 Å². The molecule has 8 heteroatoms. The number of carbonyl (C=O) groups is 2. The lowest BCUT2D eigenvalue weighted by Crippen LogP contribution is -2.33. The summed E-state index contributed by atoms with van der Waals surface area (Å²) < 4.78 is 10.3. The summed E-state index contributed by atoms with van der Waals surface area (Å²) >= 11 is 0. The molecule has 0 aliphatic rings. The fraction of sp³-hybridized carbons (Fsp3) is 0.500. The number of pyridine rings is 1. The number of ether oxygens (including phenoxy) is 2. The first-order valence-electron chi connectivity index (χ1n) is 6.97. The smallest absolute Gasteiger partial charge is 0.414 e. The molecular formula is C14H21BN3O4. The summed E-state index contributed by atoms with van der Waals surface area (Å²) in [4.78, 5) is 28.9. The normalized spacial score (nSPS) is 11.5. The number of nitrogens with zero attached hydrogens (tertiary/aromatic N) is 2. The van der Waals surface area contributed by atoms with Gasteiger partial charge in [-0.1, -0.05) is 12.9 Å². The number of hydrogen-bond acceptors (Lipinski definition) is 6. The third-order valence-corrected chi connectivity index (χ3v) is 2.92. The number of carbonyl (C=O) groups excluding carboxylic acids is 2. The summed E-state index contributed by atoms with van der Waals surface area (Å²) in [7, 11) is 4.99. The van der Waals surface area contributed by atoms with Gasteiger partial charge >= 0.3 is 12.1 Å². The van der Waals surface area contributed by atoms with E-state index >= 15 is 0 Å². The van der Waals surface area contributed by atoms with Crippen molar-refractivity contribution in [3.05, 3.63) is 23.9 Å². The number of nitrogens with one attached hydrogen (secondary N) is 1. The topological polar surface area (TPSA) is 80.8 Å². The van der Waals surface area contributed by atoms with Gasteiger partial charge in [-0.15, -0.1) is 0 Å². The molecule has 1 rings (SSSR count). The lowest BCUT2D eigenvalue weighted by molar-refractivity contribution is -0.143. The monoisotopic (exact) mass is 306 g/mol. The van der Waals surface area contributed by atoms with Crippen LogP contribution in [0.2, 0.25) is 6.82 Å². The molecule has 1 aromatic rings. The molecule has 0 aliphatic heterocycles. The average Bonchev–Trinajstić information content (AvgIpc) is 2.52. The fourth-order valence-electron chi connectivity index (χ4n) is 1.59. The fourth-order valence-corrected chi connectivity index (χ4v) is 1.59. The molecule has 1 amide bonds. The number of amides is 1. The molecule has 0 spiro atoms.